The second-order valence-corrected chi connectivity index (χ2v) is 4.85. The van der Waals surface area contributed by atoms with Crippen LogP contribution in [0.3, 0.4) is 0 Å². The summed E-state index contributed by atoms with van der Waals surface area (Å²) in [7, 11) is 0. The number of fused-ring (bicyclic) bond motifs is 3. The molecule has 2 N–H and O–H groups in total. The number of halogens is 1. The standard InChI is InChI=1S/C16H10FN5/c17-12-4-2-1-3-9(12)14-10-7-13(18)16-11(8-21-22-16)15(10)20-6-5-19-14/h1-8H,18H2. The van der Waals surface area contributed by atoms with Crippen molar-refractivity contribution in [2.75, 3.05) is 5.73 Å². The molecule has 0 aliphatic carbocycles. The summed E-state index contributed by atoms with van der Waals surface area (Å²) in [6, 6.07) is 8.20. The van der Waals surface area contributed by atoms with Crippen molar-refractivity contribution in [3.63, 3.8) is 0 Å². The van der Waals surface area contributed by atoms with Gasteiger partial charge in [0.1, 0.15) is 11.3 Å². The van der Waals surface area contributed by atoms with E-state index in [-0.39, 0.29) is 5.82 Å². The van der Waals surface area contributed by atoms with E-state index in [1.165, 1.54) is 12.3 Å². The minimum absolute atomic E-state index is 0.347. The molecular weight excluding hydrogens is 281 g/mol. The number of hydrogen-bond donors (Lipinski definition) is 1. The van der Waals surface area contributed by atoms with Crippen LogP contribution in [0.1, 0.15) is 0 Å². The van der Waals surface area contributed by atoms with Crippen molar-refractivity contribution in [3.8, 4) is 11.3 Å². The molecule has 0 aliphatic rings. The van der Waals surface area contributed by atoms with E-state index >= 15 is 0 Å². The van der Waals surface area contributed by atoms with Crippen LogP contribution in [0.25, 0.3) is 33.1 Å². The Kier molecular flexibility index (Phi) is 2.69. The van der Waals surface area contributed by atoms with Gasteiger partial charge in [-0.1, -0.05) is 12.1 Å². The minimum Gasteiger partial charge on any atom is -0.397 e. The fourth-order valence-corrected chi connectivity index (χ4v) is 2.56. The Morgan fingerprint density at radius 3 is 2.64 bits per heavy atom. The molecule has 0 amide bonds. The van der Waals surface area contributed by atoms with E-state index in [0.29, 0.717) is 33.4 Å². The van der Waals surface area contributed by atoms with Crippen molar-refractivity contribution in [3.05, 3.63) is 54.7 Å². The summed E-state index contributed by atoms with van der Waals surface area (Å²) in [5.41, 5.74) is 8.62. The number of nitrogen functional groups attached to an aromatic ring is 1. The lowest BCUT2D eigenvalue weighted by molar-refractivity contribution is 0.631. The van der Waals surface area contributed by atoms with E-state index in [9.17, 15) is 4.39 Å². The second kappa shape index (κ2) is 4.70. The molecule has 2 heterocycles. The van der Waals surface area contributed by atoms with Crippen molar-refractivity contribution >= 4 is 27.5 Å². The minimum atomic E-state index is -0.347. The summed E-state index contributed by atoms with van der Waals surface area (Å²) in [5, 5.41) is 9.28. The molecular formula is C16H10FN5. The fraction of sp³-hybridized carbons (Fsp3) is 0. The Labute approximate surface area is 124 Å². The highest BCUT2D eigenvalue weighted by Crippen LogP contribution is 2.33. The molecule has 6 heteroatoms. The molecule has 0 fully saturated rings. The zero-order valence-electron chi connectivity index (χ0n) is 11.4. The highest BCUT2D eigenvalue weighted by molar-refractivity contribution is 6.12. The molecule has 0 bridgehead atoms. The molecule has 0 atom stereocenters. The van der Waals surface area contributed by atoms with Gasteiger partial charge in [0.25, 0.3) is 0 Å². The van der Waals surface area contributed by atoms with E-state index in [1.54, 1.807) is 36.7 Å². The van der Waals surface area contributed by atoms with Gasteiger partial charge in [0, 0.05) is 23.3 Å². The molecule has 0 aliphatic heterocycles. The van der Waals surface area contributed by atoms with Crippen molar-refractivity contribution in [2.24, 2.45) is 0 Å². The zero-order valence-corrected chi connectivity index (χ0v) is 11.4. The van der Waals surface area contributed by atoms with Gasteiger partial charge in [0.2, 0.25) is 0 Å². The van der Waals surface area contributed by atoms with E-state index in [0.717, 1.165) is 5.39 Å². The van der Waals surface area contributed by atoms with Gasteiger partial charge < -0.3 is 5.73 Å². The third kappa shape index (κ3) is 1.77. The Bertz CT molecular complexity index is 1020. The summed E-state index contributed by atoms with van der Waals surface area (Å²) in [6.07, 6.45) is 4.70. The van der Waals surface area contributed by atoms with Crippen LogP contribution in [0.4, 0.5) is 10.1 Å². The Morgan fingerprint density at radius 1 is 0.955 bits per heavy atom. The average molecular weight is 291 g/mol. The highest BCUT2D eigenvalue weighted by Gasteiger charge is 2.14. The van der Waals surface area contributed by atoms with E-state index in [2.05, 4.69) is 20.2 Å². The molecule has 22 heavy (non-hydrogen) atoms. The topological polar surface area (TPSA) is 77.6 Å². The molecule has 106 valence electrons. The molecule has 0 spiro atoms. The van der Waals surface area contributed by atoms with Crippen LogP contribution in [0.5, 0.6) is 0 Å². The first-order valence-electron chi connectivity index (χ1n) is 6.65. The van der Waals surface area contributed by atoms with E-state index < -0.39 is 0 Å². The molecule has 4 rings (SSSR count). The Balaban J connectivity index is 2.21. The summed E-state index contributed by atoms with van der Waals surface area (Å²) < 4.78 is 14.2. The molecule has 2 aromatic heterocycles. The molecule has 0 radical (unpaired) electrons. The first kappa shape index (κ1) is 12.6. The largest absolute Gasteiger partial charge is 0.397 e. The quantitative estimate of drug-likeness (QED) is 0.545. The third-order valence-corrected chi connectivity index (χ3v) is 3.54. The van der Waals surface area contributed by atoms with Crippen LogP contribution >= 0.6 is 0 Å². The molecule has 2 aromatic carbocycles. The predicted molar refractivity (Wildman–Crippen MR) is 82.4 cm³/mol. The van der Waals surface area contributed by atoms with Crippen LogP contribution in [0, 0.1) is 5.82 Å². The predicted octanol–water partition coefficient (Wildman–Crippen LogP) is 2.96. The summed E-state index contributed by atoms with van der Waals surface area (Å²) in [5.74, 6) is -0.347. The van der Waals surface area contributed by atoms with Crippen LogP contribution in [-0.2, 0) is 0 Å². The highest BCUT2D eigenvalue weighted by atomic mass is 19.1. The van der Waals surface area contributed by atoms with E-state index in [4.69, 9.17) is 5.73 Å². The Hall–Kier alpha value is -3.15. The lowest BCUT2D eigenvalue weighted by atomic mass is 10.0. The number of nitrogens with zero attached hydrogens (tertiary/aromatic N) is 4. The van der Waals surface area contributed by atoms with Crippen LogP contribution in [-0.4, -0.2) is 20.2 Å². The number of nitrogens with two attached hydrogens (primary N) is 1. The van der Waals surface area contributed by atoms with Crippen molar-refractivity contribution < 1.29 is 4.39 Å². The van der Waals surface area contributed by atoms with Gasteiger partial charge in [-0.25, -0.2) is 4.39 Å². The first-order chi connectivity index (χ1) is 10.8. The molecule has 0 unspecified atom stereocenters. The van der Waals surface area contributed by atoms with Crippen LogP contribution in [0.15, 0.2) is 48.9 Å². The monoisotopic (exact) mass is 291 g/mol. The van der Waals surface area contributed by atoms with E-state index in [1.807, 2.05) is 0 Å². The smallest absolute Gasteiger partial charge is 0.132 e. The maximum atomic E-state index is 14.2. The van der Waals surface area contributed by atoms with Crippen LogP contribution in [0.2, 0.25) is 0 Å². The first-order valence-corrected chi connectivity index (χ1v) is 6.65. The van der Waals surface area contributed by atoms with Gasteiger partial charge in [0.05, 0.1) is 28.5 Å². The number of benzene rings is 2. The number of hydrogen-bond acceptors (Lipinski definition) is 5. The summed E-state index contributed by atoms with van der Waals surface area (Å²) >= 11 is 0. The van der Waals surface area contributed by atoms with Crippen molar-refractivity contribution in [1.82, 2.24) is 20.2 Å². The summed E-state index contributed by atoms with van der Waals surface area (Å²) in [4.78, 5) is 8.71. The van der Waals surface area contributed by atoms with Gasteiger partial charge in [-0.2, -0.15) is 5.10 Å². The number of aromatic nitrogens is 4. The lowest BCUT2D eigenvalue weighted by Gasteiger charge is -2.05. The fourth-order valence-electron chi connectivity index (χ4n) is 2.56. The van der Waals surface area contributed by atoms with Gasteiger partial charge in [0.15, 0.2) is 0 Å². The molecule has 0 saturated carbocycles. The Morgan fingerprint density at radius 2 is 1.77 bits per heavy atom. The molecule has 5 nitrogen and oxygen atoms in total. The second-order valence-electron chi connectivity index (χ2n) is 4.85. The maximum Gasteiger partial charge on any atom is 0.132 e. The van der Waals surface area contributed by atoms with Gasteiger partial charge >= 0.3 is 0 Å². The van der Waals surface area contributed by atoms with Crippen LogP contribution < -0.4 is 5.73 Å². The van der Waals surface area contributed by atoms with Gasteiger partial charge in [-0.15, -0.1) is 5.10 Å². The average Bonchev–Trinajstić information content (AvgIpc) is 2.92. The number of rotatable bonds is 1. The molecule has 0 saturated heterocycles. The number of anilines is 1. The van der Waals surface area contributed by atoms with Crippen molar-refractivity contribution in [1.29, 1.82) is 0 Å². The molecule has 4 aromatic rings. The third-order valence-electron chi connectivity index (χ3n) is 3.54. The maximum absolute atomic E-state index is 14.2. The zero-order chi connectivity index (χ0) is 15.1. The van der Waals surface area contributed by atoms with Gasteiger partial charge in [-0.3, -0.25) is 9.97 Å². The normalized spacial score (nSPS) is 11.1. The summed E-state index contributed by atoms with van der Waals surface area (Å²) in [6.45, 7) is 0. The SMILES string of the molecule is Nc1cc2c(-c3ccccc3F)nccnc2c2cnnc12. The lowest BCUT2D eigenvalue weighted by Crippen LogP contribution is -1.91. The van der Waals surface area contributed by atoms with Gasteiger partial charge in [-0.05, 0) is 18.2 Å². The van der Waals surface area contributed by atoms with Crippen molar-refractivity contribution in [2.45, 2.75) is 0 Å².